The maximum absolute atomic E-state index is 12.2. The molecule has 2 atom stereocenters. The second-order valence-electron chi connectivity index (χ2n) is 5.66. The Morgan fingerprint density at radius 2 is 2.25 bits per heavy atom. The first kappa shape index (κ1) is 15.8. The van der Waals surface area contributed by atoms with Gasteiger partial charge in [-0.05, 0) is 47.5 Å². The molecule has 1 saturated carbocycles. The van der Waals surface area contributed by atoms with Crippen molar-refractivity contribution in [1.82, 2.24) is 5.32 Å². The van der Waals surface area contributed by atoms with Crippen molar-refractivity contribution in [2.45, 2.75) is 39.3 Å². The van der Waals surface area contributed by atoms with Crippen LogP contribution in [0.5, 0.6) is 0 Å². The molecule has 3 nitrogen and oxygen atoms in total. The van der Waals surface area contributed by atoms with Crippen LogP contribution in [0.1, 0.15) is 37.6 Å². The summed E-state index contributed by atoms with van der Waals surface area (Å²) in [5.74, 6) is -0.0737. The molecular formula is C15H19BrClNO2. The lowest BCUT2D eigenvalue weighted by atomic mass is 9.64. The molecule has 1 amide bonds. The summed E-state index contributed by atoms with van der Waals surface area (Å²) in [5, 5.41) is 3.67. The highest BCUT2D eigenvalue weighted by Crippen LogP contribution is 2.42. The number of carbonyl (C=O) groups is 1. The number of hydrogen-bond acceptors (Lipinski definition) is 2. The number of halogens is 2. The Labute approximate surface area is 133 Å². The highest BCUT2D eigenvalue weighted by molar-refractivity contribution is 9.10. The predicted molar refractivity (Wildman–Crippen MR) is 84.2 cm³/mol. The number of ether oxygens (including phenoxy) is 1. The minimum absolute atomic E-state index is 0.0324. The lowest BCUT2D eigenvalue weighted by Crippen LogP contribution is -2.62. The third-order valence-corrected chi connectivity index (χ3v) is 5.25. The van der Waals surface area contributed by atoms with Crippen molar-refractivity contribution >= 4 is 33.4 Å². The monoisotopic (exact) mass is 359 g/mol. The van der Waals surface area contributed by atoms with Crippen LogP contribution in [0.2, 0.25) is 5.02 Å². The van der Waals surface area contributed by atoms with Crippen LogP contribution in [0, 0.1) is 5.41 Å². The molecule has 5 heteroatoms. The first-order valence-corrected chi connectivity index (χ1v) is 7.91. The van der Waals surface area contributed by atoms with Gasteiger partial charge in [0.2, 0.25) is 0 Å². The van der Waals surface area contributed by atoms with E-state index in [-0.39, 0.29) is 23.5 Å². The van der Waals surface area contributed by atoms with E-state index in [9.17, 15) is 4.79 Å². The minimum atomic E-state index is -0.0737. The number of hydrogen-bond donors (Lipinski definition) is 1. The van der Waals surface area contributed by atoms with Crippen LogP contribution >= 0.6 is 27.5 Å². The van der Waals surface area contributed by atoms with Crippen molar-refractivity contribution in [3.8, 4) is 0 Å². The van der Waals surface area contributed by atoms with E-state index >= 15 is 0 Å². The summed E-state index contributed by atoms with van der Waals surface area (Å²) < 4.78 is 6.40. The van der Waals surface area contributed by atoms with Gasteiger partial charge in [-0.1, -0.05) is 25.4 Å². The maximum Gasteiger partial charge on any atom is 0.251 e. The van der Waals surface area contributed by atoms with E-state index in [2.05, 4.69) is 35.1 Å². The van der Waals surface area contributed by atoms with Crippen molar-refractivity contribution in [2.24, 2.45) is 5.41 Å². The molecule has 2 rings (SSSR count). The summed E-state index contributed by atoms with van der Waals surface area (Å²) in [7, 11) is 0. The van der Waals surface area contributed by atoms with Crippen LogP contribution in [0.4, 0.5) is 0 Å². The number of benzene rings is 1. The molecule has 0 radical (unpaired) electrons. The summed E-state index contributed by atoms with van der Waals surface area (Å²) in [5.41, 5.74) is 0.576. The van der Waals surface area contributed by atoms with Crippen LogP contribution in [0.3, 0.4) is 0 Å². The number of nitrogens with one attached hydrogen (secondary N) is 1. The second kappa shape index (κ2) is 6.04. The molecule has 0 bridgehead atoms. The predicted octanol–water partition coefficient (Wildman–Crippen LogP) is 4.04. The fourth-order valence-electron chi connectivity index (χ4n) is 2.49. The van der Waals surface area contributed by atoms with Gasteiger partial charge in [0, 0.05) is 28.1 Å². The fraction of sp³-hybridized carbons (Fsp3) is 0.533. The highest BCUT2D eigenvalue weighted by atomic mass is 79.9. The Morgan fingerprint density at radius 3 is 2.80 bits per heavy atom. The largest absolute Gasteiger partial charge is 0.378 e. The van der Waals surface area contributed by atoms with Crippen LogP contribution in [0.15, 0.2) is 22.7 Å². The summed E-state index contributed by atoms with van der Waals surface area (Å²) in [4.78, 5) is 12.2. The quantitative estimate of drug-likeness (QED) is 0.880. The van der Waals surface area contributed by atoms with E-state index in [1.54, 1.807) is 18.2 Å². The zero-order chi connectivity index (χ0) is 14.9. The average molecular weight is 361 g/mol. The topological polar surface area (TPSA) is 38.3 Å². The Morgan fingerprint density at radius 1 is 1.55 bits per heavy atom. The van der Waals surface area contributed by atoms with Crippen molar-refractivity contribution in [2.75, 3.05) is 6.61 Å². The third-order valence-electron chi connectivity index (χ3n) is 4.03. The zero-order valence-corrected chi connectivity index (χ0v) is 14.2. The van der Waals surface area contributed by atoms with Gasteiger partial charge in [0.05, 0.1) is 11.1 Å². The molecule has 1 fully saturated rings. The lowest BCUT2D eigenvalue weighted by Gasteiger charge is -2.51. The molecule has 0 aromatic heterocycles. The van der Waals surface area contributed by atoms with Gasteiger partial charge < -0.3 is 10.1 Å². The SMILES string of the molecule is CCOC1CC(NC(=O)c2ccc(Cl)c(Br)c2)C1(C)C. The van der Waals surface area contributed by atoms with Crippen molar-refractivity contribution in [3.63, 3.8) is 0 Å². The molecule has 2 unspecified atom stereocenters. The Bertz CT molecular complexity index is 519. The minimum Gasteiger partial charge on any atom is -0.378 e. The number of amides is 1. The van der Waals surface area contributed by atoms with E-state index < -0.39 is 0 Å². The van der Waals surface area contributed by atoms with Gasteiger partial charge in [0.25, 0.3) is 5.91 Å². The van der Waals surface area contributed by atoms with E-state index in [0.717, 1.165) is 10.9 Å². The van der Waals surface area contributed by atoms with Crippen LogP contribution < -0.4 is 5.32 Å². The highest BCUT2D eigenvalue weighted by Gasteiger charge is 2.49. The van der Waals surface area contributed by atoms with Gasteiger partial charge in [-0.15, -0.1) is 0 Å². The van der Waals surface area contributed by atoms with E-state index in [1.807, 2.05) is 6.92 Å². The molecule has 1 aliphatic rings. The normalized spacial score (nSPS) is 24.1. The van der Waals surface area contributed by atoms with Gasteiger partial charge in [0.1, 0.15) is 0 Å². The third kappa shape index (κ3) is 3.02. The Balaban J connectivity index is 2.01. The molecule has 110 valence electrons. The van der Waals surface area contributed by atoms with Crippen LogP contribution in [0.25, 0.3) is 0 Å². The molecule has 0 heterocycles. The number of carbonyl (C=O) groups excluding carboxylic acids is 1. The molecule has 1 aromatic rings. The van der Waals surface area contributed by atoms with E-state index in [1.165, 1.54) is 0 Å². The molecule has 0 spiro atoms. The molecule has 0 aliphatic heterocycles. The Hall–Kier alpha value is -0.580. The van der Waals surface area contributed by atoms with Gasteiger partial charge in [-0.3, -0.25) is 4.79 Å². The summed E-state index contributed by atoms with van der Waals surface area (Å²) >= 11 is 9.27. The van der Waals surface area contributed by atoms with Gasteiger partial charge >= 0.3 is 0 Å². The molecule has 1 aromatic carbocycles. The molecule has 0 saturated heterocycles. The van der Waals surface area contributed by atoms with Gasteiger partial charge in [-0.2, -0.15) is 0 Å². The smallest absolute Gasteiger partial charge is 0.251 e. The standard InChI is InChI=1S/C15H19BrClNO2/c1-4-20-13-8-12(15(13,2)3)18-14(19)9-5-6-11(17)10(16)7-9/h5-7,12-13H,4,8H2,1-3H3,(H,18,19). The average Bonchev–Trinajstić information content (AvgIpc) is 2.40. The van der Waals surface area contributed by atoms with Crippen LogP contribution in [-0.2, 0) is 4.74 Å². The van der Waals surface area contributed by atoms with Crippen molar-refractivity contribution < 1.29 is 9.53 Å². The zero-order valence-electron chi connectivity index (χ0n) is 11.9. The number of rotatable bonds is 4. The van der Waals surface area contributed by atoms with Gasteiger partial charge in [0.15, 0.2) is 0 Å². The molecule has 20 heavy (non-hydrogen) atoms. The Kier molecular flexibility index (Phi) is 4.77. The summed E-state index contributed by atoms with van der Waals surface area (Å²) in [6.45, 7) is 6.95. The molecule has 1 N–H and O–H groups in total. The fourth-order valence-corrected chi connectivity index (χ4v) is 2.99. The summed E-state index contributed by atoms with van der Waals surface area (Å²) in [6.07, 6.45) is 1.08. The van der Waals surface area contributed by atoms with E-state index in [0.29, 0.717) is 17.2 Å². The molecular weight excluding hydrogens is 342 g/mol. The van der Waals surface area contributed by atoms with E-state index in [4.69, 9.17) is 16.3 Å². The first-order valence-electron chi connectivity index (χ1n) is 6.73. The molecule has 1 aliphatic carbocycles. The maximum atomic E-state index is 12.2. The summed E-state index contributed by atoms with van der Waals surface area (Å²) in [6, 6.07) is 5.33. The van der Waals surface area contributed by atoms with Gasteiger partial charge in [-0.25, -0.2) is 0 Å². The van der Waals surface area contributed by atoms with Crippen molar-refractivity contribution in [3.05, 3.63) is 33.3 Å². The van der Waals surface area contributed by atoms with Crippen LogP contribution in [-0.4, -0.2) is 24.7 Å². The first-order chi connectivity index (χ1) is 9.36. The van der Waals surface area contributed by atoms with Crippen molar-refractivity contribution in [1.29, 1.82) is 0 Å². The lowest BCUT2D eigenvalue weighted by molar-refractivity contribution is -0.111. The second-order valence-corrected chi connectivity index (χ2v) is 6.92.